The number of hydrogen-bond donors (Lipinski definition) is 2. The van der Waals surface area contributed by atoms with Crippen molar-refractivity contribution in [2.75, 3.05) is 40.4 Å². The van der Waals surface area contributed by atoms with E-state index >= 15 is 0 Å². The highest BCUT2D eigenvalue weighted by Gasteiger charge is 2.25. The van der Waals surface area contributed by atoms with Crippen LogP contribution in [0.4, 0.5) is 4.79 Å². The highest BCUT2D eigenvalue weighted by molar-refractivity contribution is 5.97. The number of hydrogen-bond acceptors (Lipinski definition) is 4. The summed E-state index contributed by atoms with van der Waals surface area (Å²) in [6, 6.07) is 19.9. The molecule has 2 N–H and O–H groups in total. The molecule has 8 nitrogen and oxygen atoms in total. The average molecular weight is 528 g/mol. The molecule has 2 amide bonds. The van der Waals surface area contributed by atoms with Gasteiger partial charge in [0.2, 0.25) is 0 Å². The molecule has 8 heteroatoms. The van der Waals surface area contributed by atoms with Gasteiger partial charge in [0.05, 0.1) is 19.9 Å². The monoisotopic (exact) mass is 527 g/mol. The number of methoxy groups -OCH3 is 2. The Morgan fingerprint density at radius 1 is 0.821 bits per heavy atom. The third-order valence-electron chi connectivity index (χ3n) is 7.37. The first kappa shape index (κ1) is 26.2. The molecule has 5 rings (SSSR count). The molecule has 0 atom stereocenters. The minimum atomic E-state index is -0.945. The van der Waals surface area contributed by atoms with E-state index in [1.165, 1.54) is 10.5 Å². The Morgan fingerprint density at radius 2 is 1.49 bits per heavy atom. The second kappa shape index (κ2) is 10.7. The maximum Gasteiger partial charge on any atom is 0.407 e. The highest BCUT2D eigenvalue weighted by atomic mass is 16.5. The highest BCUT2D eigenvalue weighted by Crippen LogP contribution is 2.40. The van der Waals surface area contributed by atoms with E-state index in [4.69, 9.17) is 9.47 Å². The number of amides is 2. The first-order chi connectivity index (χ1) is 18.8. The smallest absolute Gasteiger partial charge is 0.407 e. The summed E-state index contributed by atoms with van der Waals surface area (Å²) in [5.74, 6) is 1.54. The zero-order valence-electron chi connectivity index (χ0n) is 22.7. The van der Waals surface area contributed by atoms with Crippen LogP contribution in [0.5, 0.6) is 11.5 Å². The molecule has 0 bridgehead atoms. The molecule has 0 unspecified atom stereocenters. The van der Waals surface area contributed by atoms with Crippen LogP contribution in [0, 0.1) is 0 Å². The van der Waals surface area contributed by atoms with Crippen molar-refractivity contribution < 1.29 is 24.2 Å². The van der Waals surface area contributed by atoms with Crippen molar-refractivity contribution in [3.63, 3.8) is 0 Å². The lowest BCUT2D eigenvalue weighted by molar-refractivity contribution is 0.0625. The lowest BCUT2D eigenvalue weighted by Gasteiger charge is -2.33. The lowest BCUT2D eigenvalue weighted by atomic mass is 9.94. The van der Waals surface area contributed by atoms with Crippen LogP contribution in [-0.2, 0) is 0 Å². The summed E-state index contributed by atoms with van der Waals surface area (Å²) in [5.41, 5.74) is 6.88. The Balaban J connectivity index is 1.49. The molecular weight excluding hydrogens is 494 g/mol. The van der Waals surface area contributed by atoms with Crippen molar-refractivity contribution in [3.05, 3.63) is 71.8 Å². The molecule has 0 spiro atoms. The SMILES string of the molecule is COc1ccc(-c2[nH]c3ccc(-c4cccc(C(=O)N5CCN(C(=O)O)CC5)c4)cc3c2C(C)C)cc1OC. The van der Waals surface area contributed by atoms with Gasteiger partial charge in [-0.2, -0.15) is 0 Å². The van der Waals surface area contributed by atoms with Crippen LogP contribution < -0.4 is 9.47 Å². The van der Waals surface area contributed by atoms with E-state index in [-0.39, 0.29) is 11.8 Å². The number of carbonyl (C=O) groups excluding carboxylic acids is 1. The van der Waals surface area contributed by atoms with Gasteiger partial charge in [0, 0.05) is 48.2 Å². The number of H-pyrrole nitrogens is 1. The van der Waals surface area contributed by atoms with Gasteiger partial charge in [0.25, 0.3) is 5.91 Å². The van der Waals surface area contributed by atoms with Gasteiger partial charge >= 0.3 is 6.09 Å². The fourth-order valence-electron chi connectivity index (χ4n) is 5.33. The Labute approximate surface area is 227 Å². The van der Waals surface area contributed by atoms with E-state index < -0.39 is 6.09 Å². The number of ether oxygens (including phenoxy) is 2. The minimum Gasteiger partial charge on any atom is -0.493 e. The summed E-state index contributed by atoms with van der Waals surface area (Å²) < 4.78 is 11.0. The number of nitrogens with one attached hydrogen (secondary N) is 1. The molecule has 0 radical (unpaired) electrons. The van der Waals surface area contributed by atoms with E-state index in [0.29, 0.717) is 43.2 Å². The van der Waals surface area contributed by atoms with Crippen molar-refractivity contribution in [1.82, 2.24) is 14.8 Å². The first-order valence-corrected chi connectivity index (χ1v) is 13.1. The summed E-state index contributed by atoms with van der Waals surface area (Å²) in [7, 11) is 3.26. The van der Waals surface area contributed by atoms with Crippen molar-refractivity contribution in [3.8, 4) is 33.9 Å². The van der Waals surface area contributed by atoms with Crippen LogP contribution in [0.1, 0.15) is 35.7 Å². The third kappa shape index (κ3) is 5.02. The summed E-state index contributed by atoms with van der Waals surface area (Å²) in [6.45, 7) is 5.80. The number of carboxylic acid groups (broad SMARTS) is 1. The fraction of sp³-hybridized carbons (Fsp3) is 0.290. The Kier molecular flexibility index (Phi) is 7.19. The Hall–Kier alpha value is -4.46. The zero-order valence-corrected chi connectivity index (χ0v) is 22.7. The van der Waals surface area contributed by atoms with Gasteiger partial charge in [0.1, 0.15) is 0 Å². The number of rotatable bonds is 6. The van der Waals surface area contributed by atoms with E-state index in [1.54, 1.807) is 19.1 Å². The van der Waals surface area contributed by atoms with Crippen LogP contribution in [0.3, 0.4) is 0 Å². The van der Waals surface area contributed by atoms with Crippen molar-refractivity contribution >= 4 is 22.9 Å². The van der Waals surface area contributed by atoms with Gasteiger partial charge in [0.15, 0.2) is 11.5 Å². The van der Waals surface area contributed by atoms with Crippen LogP contribution >= 0.6 is 0 Å². The predicted molar refractivity (Wildman–Crippen MR) is 152 cm³/mol. The Bertz CT molecular complexity index is 1530. The van der Waals surface area contributed by atoms with Gasteiger partial charge in [-0.15, -0.1) is 0 Å². The minimum absolute atomic E-state index is 0.0804. The maximum atomic E-state index is 13.2. The molecule has 1 saturated heterocycles. The van der Waals surface area contributed by atoms with Crippen LogP contribution in [-0.4, -0.2) is 72.3 Å². The summed E-state index contributed by atoms with van der Waals surface area (Å²) in [6.07, 6.45) is -0.945. The van der Waals surface area contributed by atoms with Crippen molar-refractivity contribution in [2.24, 2.45) is 0 Å². The van der Waals surface area contributed by atoms with Crippen molar-refractivity contribution in [1.29, 1.82) is 0 Å². The summed E-state index contributed by atoms with van der Waals surface area (Å²) in [4.78, 5) is 31.1. The largest absolute Gasteiger partial charge is 0.493 e. The lowest BCUT2D eigenvalue weighted by Crippen LogP contribution is -2.50. The van der Waals surface area contributed by atoms with E-state index in [9.17, 15) is 14.7 Å². The second-order valence-electron chi connectivity index (χ2n) is 10.0. The van der Waals surface area contributed by atoms with Crippen LogP contribution in [0.25, 0.3) is 33.3 Å². The number of aromatic nitrogens is 1. The molecule has 1 aliphatic rings. The first-order valence-electron chi connectivity index (χ1n) is 13.1. The normalized spacial score (nSPS) is 13.7. The topological polar surface area (TPSA) is 95.1 Å². The predicted octanol–water partition coefficient (Wildman–Crippen LogP) is 6.08. The average Bonchev–Trinajstić information content (AvgIpc) is 3.35. The third-order valence-corrected chi connectivity index (χ3v) is 7.37. The van der Waals surface area contributed by atoms with Crippen LogP contribution in [0.15, 0.2) is 60.7 Å². The van der Waals surface area contributed by atoms with Gasteiger partial charge in [-0.1, -0.05) is 32.0 Å². The number of benzene rings is 3. The molecule has 202 valence electrons. The summed E-state index contributed by atoms with van der Waals surface area (Å²) in [5, 5.41) is 10.3. The number of aromatic amines is 1. The van der Waals surface area contributed by atoms with Crippen molar-refractivity contribution in [2.45, 2.75) is 19.8 Å². The summed E-state index contributed by atoms with van der Waals surface area (Å²) >= 11 is 0. The molecule has 1 aliphatic heterocycles. The number of nitrogens with zero attached hydrogens (tertiary/aromatic N) is 2. The number of piperazine rings is 1. The molecule has 1 aromatic heterocycles. The van der Waals surface area contributed by atoms with E-state index in [1.807, 2.05) is 42.5 Å². The number of carbonyl (C=O) groups is 2. The van der Waals surface area contributed by atoms with Gasteiger partial charge in [-0.25, -0.2) is 4.79 Å². The standard InChI is InChI=1S/C31H33N3O5/c1-19(2)28-24-17-21(8-10-25(24)32-29(28)22-9-11-26(38-3)27(18-22)39-4)20-6-5-7-23(16-20)30(35)33-12-14-34(15-13-33)31(36)37/h5-11,16-19,32H,12-15H2,1-4H3,(H,36,37). The fourth-order valence-corrected chi connectivity index (χ4v) is 5.33. The van der Waals surface area contributed by atoms with Gasteiger partial charge < -0.3 is 29.4 Å². The molecule has 2 heterocycles. The molecule has 4 aromatic rings. The molecular formula is C31H33N3O5. The van der Waals surface area contributed by atoms with Gasteiger partial charge in [-0.05, 0) is 65.1 Å². The quantitative estimate of drug-likeness (QED) is 0.317. The van der Waals surface area contributed by atoms with E-state index in [0.717, 1.165) is 33.3 Å². The Morgan fingerprint density at radius 3 is 2.15 bits per heavy atom. The second-order valence-corrected chi connectivity index (χ2v) is 10.0. The van der Waals surface area contributed by atoms with Gasteiger partial charge in [-0.3, -0.25) is 4.79 Å². The molecule has 3 aromatic carbocycles. The van der Waals surface area contributed by atoms with Crippen LogP contribution in [0.2, 0.25) is 0 Å². The maximum absolute atomic E-state index is 13.2. The molecule has 0 saturated carbocycles. The number of fused-ring (bicyclic) bond motifs is 1. The molecule has 1 fully saturated rings. The molecule has 39 heavy (non-hydrogen) atoms. The van der Waals surface area contributed by atoms with E-state index in [2.05, 4.69) is 37.0 Å². The molecule has 0 aliphatic carbocycles. The zero-order chi connectivity index (χ0) is 27.7.